The lowest BCUT2D eigenvalue weighted by Crippen LogP contribution is -2.60. The molecule has 3 aliphatic rings. The molecule has 1 saturated carbocycles. The molecule has 13 nitrogen and oxygen atoms in total. The third-order valence-electron chi connectivity index (χ3n) is 8.62. The molecule has 46 heavy (non-hydrogen) atoms. The van der Waals surface area contributed by atoms with E-state index in [1.54, 1.807) is 51.1 Å². The van der Waals surface area contributed by atoms with Crippen molar-refractivity contribution < 1.29 is 38.9 Å². The average molecular weight is 748 g/mol. The van der Waals surface area contributed by atoms with E-state index in [4.69, 9.17) is 4.74 Å². The second-order valence-electron chi connectivity index (χ2n) is 13.1. The van der Waals surface area contributed by atoms with Gasteiger partial charge in [0.15, 0.2) is 5.54 Å². The zero-order chi connectivity index (χ0) is 33.4. The van der Waals surface area contributed by atoms with E-state index in [0.717, 1.165) is 11.1 Å². The fraction of sp³-hybridized carbons (Fsp3) is 0.469. The van der Waals surface area contributed by atoms with Gasteiger partial charge in [-0.1, -0.05) is 85.8 Å². The number of carbonyl (C=O) groups excluding carboxylic acids is 4. The second-order valence-corrected chi connectivity index (χ2v) is 14.6. The van der Waals surface area contributed by atoms with Gasteiger partial charge in [0.1, 0.15) is 18.2 Å². The van der Waals surface area contributed by atoms with Gasteiger partial charge in [0.2, 0.25) is 11.8 Å². The Bertz CT molecular complexity index is 1520. The van der Waals surface area contributed by atoms with Gasteiger partial charge in [-0.05, 0) is 35.1 Å². The third kappa shape index (κ3) is 7.07. The largest absolute Gasteiger partial charge is 0.479 e. The van der Waals surface area contributed by atoms with Crippen molar-refractivity contribution in [2.24, 2.45) is 5.41 Å². The molecule has 0 aromatic heterocycles. The Balaban J connectivity index is 1.32. The number of rotatable bonds is 8. The number of ether oxygens (including phenoxy) is 1. The molecule has 1 heterocycles. The lowest BCUT2D eigenvalue weighted by Gasteiger charge is -2.34. The Labute approximate surface area is 280 Å². The number of alkyl halides is 1. The molecule has 5 rings (SSSR count). The Kier molecular flexibility index (Phi) is 9.50. The predicted octanol–water partition coefficient (Wildman–Crippen LogP) is 2.72. The first-order valence-corrected chi connectivity index (χ1v) is 16.3. The van der Waals surface area contributed by atoms with Crippen molar-refractivity contribution in [1.29, 1.82) is 0 Å². The first kappa shape index (κ1) is 33.4. The van der Waals surface area contributed by atoms with Crippen LogP contribution in [0.1, 0.15) is 50.8 Å². The summed E-state index contributed by atoms with van der Waals surface area (Å²) in [6.07, 6.45) is -1.98. The first-order chi connectivity index (χ1) is 21.7. The minimum Gasteiger partial charge on any atom is -0.479 e. The average Bonchev–Trinajstić information content (AvgIpc) is 3.30. The van der Waals surface area contributed by atoms with Crippen molar-refractivity contribution in [3.05, 3.63) is 65.7 Å². The van der Waals surface area contributed by atoms with Crippen LogP contribution < -0.4 is 21.3 Å². The molecule has 1 saturated heterocycles. The van der Waals surface area contributed by atoms with Gasteiger partial charge in [0.05, 0.1) is 18.7 Å². The monoisotopic (exact) mass is 747 g/mol. The van der Waals surface area contributed by atoms with Crippen LogP contribution in [0.15, 0.2) is 54.6 Å². The number of halogens is 1. The molecule has 2 aliphatic carbocycles. The van der Waals surface area contributed by atoms with Crippen LogP contribution in [-0.4, -0.2) is 85.3 Å². The van der Waals surface area contributed by atoms with Crippen LogP contribution in [-0.2, 0) is 25.5 Å². The maximum absolute atomic E-state index is 13.9. The molecule has 2 fully saturated rings. The highest BCUT2D eigenvalue weighted by Crippen LogP contribution is 2.43. The summed E-state index contributed by atoms with van der Waals surface area (Å²) in [4.78, 5) is 66.9. The van der Waals surface area contributed by atoms with Gasteiger partial charge in [-0.3, -0.25) is 14.9 Å². The van der Waals surface area contributed by atoms with Crippen molar-refractivity contribution in [2.45, 2.75) is 79.8 Å². The topological polar surface area (TPSA) is 186 Å². The Hall–Kier alpha value is -3.92. The first-order valence-electron chi connectivity index (χ1n) is 15.0. The van der Waals surface area contributed by atoms with E-state index in [1.807, 2.05) is 46.9 Å². The minimum atomic E-state index is -1.45. The highest BCUT2D eigenvalue weighted by Gasteiger charge is 2.61. The number of aliphatic hydroxyl groups excluding tert-OH is 1. The zero-order valence-electron chi connectivity index (χ0n) is 25.7. The van der Waals surface area contributed by atoms with Gasteiger partial charge in [-0.25, -0.2) is 14.4 Å². The summed E-state index contributed by atoms with van der Waals surface area (Å²) in [7, 11) is 0. The lowest BCUT2D eigenvalue weighted by atomic mass is 9.86. The highest BCUT2D eigenvalue weighted by molar-refractivity contribution is 14.1. The Morgan fingerprint density at radius 2 is 1.70 bits per heavy atom. The van der Waals surface area contributed by atoms with E-state index in [-0.39, 0.29) is 23.3 Å². The molecule has 0 spiro atoms. The third-order valence-corrected chi connectivity index (χ3v) is 10.1. The zero-order valence-corrected chi connectivity index (χ0v) is 27.8. The van der Waals surface area contributed by atoms with Crippen LogP contribution in [0.3, 0.4) is 0 Å². The summed E-state index contributed by atoms with van der Waals surface area (Å²) in [6.45, 7) is 5.14. The van der Waals surface area contributed by atoms with Gasteiger partial charge in [-0.15, -0.1) is 0 Å². The Morgan fingerprint density at radius 3 is 2.33 bits per heavy atom. The number of hydrogen-bond acceptors (Lipinski definition) is 7. The number of para-hydroxylation sites is 1. The number of carboxylic acid groups (broad SMARTS) is 1. The molecule has 2 aromatic rings. The number of urea groups is 1. The predicted molar refractivity (Wildman–Crippen MR) is 175 cm³/mol. The van der Waals surface area contributed by atoms with Gasteiger partial charge in [0, 0.05) is 22.5 Å². The van der Waals surface area contributed by atoms with E-state index in [9.17, 15) is 34.2 Å². The Morgan fingerprint density at radius 1 is 1.04 bits per heavy atom. The number of benzene rings is 2. The highest BCUT2D eigenvalue weighted by atomic mass is 127. The van der Waals surface area contributed by atoms with Crippen molar-refractivity contribution in [2.75, 3.05) is 11.9 Å². The van der Waals surface area contributed by atoms with Crippen molar-refractivity contribution in [3.8, 4) is 0 Å². The summed E-state index contributed by atoms with van der Waals surface area (Å²) in [6, 6.07) is 12.3. The summed E-state index contributed by atoms with van der Waals surface area (Å²) < 4.78 is 5.24. The van der Waals surface area contributed by atoms with Crippen molar-refractivity contribution in [3.63, 3.8) is 0 Å². The van der Waals surface area contributed by atoms with Crippen molar-refractivity contribution >= 4 is 58.2 Å². The number of likely N-dealkylation sites (tertiary alicyclic amines) is 1. The fourth-order valence-electron chi connectivity index (χ4n) is 5.97. The van der Waals surface area contributed by atoms with Crippen molar-refractivity contribution in [1.82, 2.24) is 20.9 Å². The van der Waals surface area contributed by atoms with Crippen LogP contribution in [0.4, 0.5) is 15.3 Å². The molecule has 14 heteroatoms. The molecule has 0 bridgehead atoms. The van der Waals surface area contributed by atoms with E-state index >= 15 is 0 Å². The molecule has 6 N–H and O–H groups in total. The lowest BCUT2D eigenvalue weighted by molar-refractivity contribution is -0.143. The number of nitrogens with zero attached hydrogens (tertiary/aromatic N) is 1. The van der Waals surface area contributed by atoms with E-state index in [1.165, 1.54) is 4.90 Å². The summed E-state index contributed by atoms with van der Waals surface area (Å²) in [5.41, 5.74) is -0.0208. The smallest absolute Gasteiger partial charge is 0.411 e. The molecule has 0 unspecified atom stereocenters. The number of aliphatic hydroxyl groups is 1. The quantitative estimate of drug-likeness (QED) is 0.176. The number of carboxylic acids is 1. The van der Waals surface area contributed by atoms with Gasteiger partial charge >= 0.3 is 18.1 Å². The van der Waals surface area contributed by atoms with Gasteiger partial charge in [-0.2, -0.15) is 0 Å². The molecular formula is C32H38IN5O8. The molecule has 0 radical (unpaired) electrons. The maximum Gasteiger partial charge on any atom is 0.411 e. The van der Waals surface area contributed by atoms with Crippen LogP contribution in [0.2, 0.25) is 0 Å². The molecule has 1 aliphatic heterocycles. The number of fused-ring (bicyclic) bond motifs is 1. The van der Waals surface area contributed by atoms with E-state index in [0.29, 0.717) is 12.1 Å². The minimum absolute atomic E-state index is 0.0828. The number of aliphatic carboxylic acids is 1. The van der Waals surface area contributed by atoms with Crippen LogP contribution in [0.5, 0.6) is 0 Å². The van der Waals surface area contributed by atoms with Crippen LogP contribution in [0.25, 0.3) is 0 Å². The number of hydrogen-bond donors (Lipinski definition) is 6. The van der Waals surface area contributed by atoms with Gasteiger partial charge in [0.25, 0.3) is 0 Å². The summed E-state index contributed by atoms with van der Waals surface area (Å²) >= 11 is 1.96. The molecule has 5 amide bonds. The number of carbonyl (C=O) groups is 5. The van der Waals surface area contributed by atoms with E-state index in [2.05, 4.69) is 21.3 Å². The number of amides is 5. The number of nitrogens with one attached hydrogen (secondary N) is 4. The molecule has 246 valence electrons. The molecule has 7 atom stereocenters. The summed E-state index contributed by atoms with van der Waals surface area (Å²) in [5.74, 6) is -2.40. The van der Waals surface area contributed by atoms with Crippen LogP contribution >= 0.6 is 22.6 Å². The second kappa shape index (κ2) is 13.1. The van der Waals surface area contributed by atoms with Crippen LogP contribution in [0, 0.1) is 5.41 Å². The molecular weight excluding hydrogens is 709 g/mol. The summed E-state index contributed by atoms with van der Waals surface area (Å²) in [5, 5.41) is 31.3. The standard InChI is InChI=1S/C32H38IN5O8/c1-31(2,3)25(27(41)35-24-20-12-8-7-9-17(20)13-22(24)39)36-29(44)38-16-19(46-30(45)34-18-10-5-4-6-11-18)14-21(38)26(40)37-32(28(42)43)15-23(32)33/h4-12,19,21-25,39H,13-16H2,1-3H3,(H,34,45)(H,35,41)(H,36,44)(H,37,40)(H,42,43)/t19-,21+,22-,23-,24+,25-,32-/m1/s1. The molecule has 2 aromatic carbocycles. The van der Waals surface area contributed by atoms with E-state index < -0.39 is 71.2 Å². The number of anilines is 1. The normalized spacial score (nSPS) is 27.2. The maximum atomic E-state index is 13.9. The SMILES string of the molecule is CC(C)(C)[C@H](NC(=O)N1C[C@H](OC(=O)Nc2ccccc2)C[C@H]1C(=O)N[C@]1(C(=O)O)C[C@H]1I)C(=O)N[C@H]1c2ccccc2C[C@H]1O. The fourth-order valence-corrected chi connectivity index (χ4v) is 7.09. The van der Waals surface area contributed by atoms with Gasteiger partial charge < -0.3 is 35.8 Å².